The van der Waals surface area contributed by atoms with E-state index in [2.05, 4.69) is 0 Å². The Hall–Kier alpha value is -0.200. The summed E-state index contributed by atoms with van der Waals surface area (Å²) in [6.45, 7) is 7.44. The molecule has 0 amide bonds. The highest BCUT2D eigenvalue weighted by Gasteiger charge is 2.58. The van der Waals surface area contributed by atoms with E-state index in [0.717, 1.165) is 0 Å². The lowest BCUT2D eigenvalue weighted by atomic mass is 9.87. The summed E-state index contributed by atoms with van der Waals surface area (Å²) >= 11 is 0. The van der Waals surface area contributed by atoms with E-state index in [4.69, 9.17) is 18.9 Å². The fraction of sp³-hybridized carbons (Fsp3) is 1.00. The first kappa shape index (κ1) is 11.9. The van der Waals surface area contributed by atoms with Crippen LogP contribution in [0.1, 0.15) is 34.1 Å². The van der Waals surface area contributed by atoms with E-state index in [1.54, 1.807) is 0 Å². The quantitative estimate of drug-likeness (QED) is 0.682. The molecule has 0 aromatic heterocycles. The first-order valence-corrected chi connectivity index (χ1v) is 6.17. The lowest BCUT2D eigenvalue weighted by Crippen LogP contribution is -2.53. The Morgan fingerprint density at radius 1 is 0.824 bits per heavy atom. The van der Waals surface area contributed by atoms with Crippen LogP contribution in [-0.2, 0) is 18.9 Å². The highest BCUT2D eigenvalue weighted by Crippen LogP contribution is 2.43. The molecule has 0 radical (unpaired) electrons. The van der Waals surface area contributed by atoms with Gasteiger partial charge < -0.3 is 24.1 Å². The number of ether oxygens (including phenoxy) is 4. The predicted octanol–water partition coefficient (Wildman–Crippen LogP) is 0.791. The van der Waals surface area contributed by atoms with Crippen LogP contribution >= 0.6 is 0 Å². The average Bonchev–Trinajstić information content (AvgIpc) is 2.61. The molecule has 0 spiro atoms. The molecule has 17 heavy (non-hydrogen) atoms. The van der Waals surface area contributed by atoms with Crippen molar-refractivity contribution in [2.75, 3.05) is 0 Å². The number of aliphatic hydroxyl groups excluding tert-OH is 1. The van der Waals surface area contributed by atoms with Crippen LogP contribution in [0, 0.1) is 0 Å². The summed E-state index contributed by atoms with van der Waals surface area (Å²) in [6.07, 6.45) is -0.841. The molecular weight excluding hydrogens is 224 g/mol. The van der Waals surface area contributed by atoms with Gasteiger partial charge in [0, 0.05) is 6.42 Å². The molecule has 2 aliphatic heterocycles. The van der Waals surface area contributed by atoms with Crippen molar-refractivity contribution in [2.45, 2.75) is 76.2 Å². The van der Waals surface area contributed by atoms with Gasteiger partial charge in [-0.2, -0.15) is 0 Å². The van der Waals surface area contributed by atoms with Crippen LogP contribution in [-0.4, -0.2) is 47.2 Å². The zero-order valence-electron chi connectivity index (χ0n) is 10.7. The second-order valence-electron chi connectivity index (χ2n) is 6.00. The van der Waals surface area contributed by atoms with Crippen LogP contribution in [0.4, 0.5) is 0 Å². The van der Waals surface area contributed by atoms with Crippen molar-refractivity contribution in [3.8, 4) is 0 Å². The van der Waals surface area contributed by atoms with Crippen LogP contribution in [0.5, 0.6) is 0 Å². The largest absolute Gasteiger partial charge is 0.387 e. The number of fused-ring (bicyclic) bond motifs is 2. The Morgan fingerprint density at radius 3 is 1.65 bits per heavy atom. The molecule has 1 N–H and O–H groups in total. The fourth-order valence-corrected chi connectivity index (χ4v) is 3.09. The molecule has 5 nitrogen and oxygen atoms in total. The van der Waals surface area contributed by atoms with Gasteiger partial charge in [-0.15, -0.1) is 0 Å². The molecular formula is C12H20O5. The third-order valence-corrected chi connectivity index (χ3v) is 3.58. The van der Waals surface area contributed by atoms with Gasteiger partial charge in [-0.3, -0.25) is 0 Å². The molecule has 5 heteroatoms. The third-order valence-electron chi connectivity index (χ3n) is 3.58. The molecule has 0 unspecified atom stereocenters. The fourth-order valence-electron chi connectivity index (χ4n) is 3.09. The number of aliphatic hydroxyl groups is 1. The predicted molar refractivity (Wildman–Crippen MR) is 58.3 cm³/mol. The zero-order chi connectivity index (χ0) is 12.4. The molecule has 2 heterocycles. The van der Waals surface area contributed by atoms with Crippen molar-refractivity contribution in [3.63, 3.8) is 0 Å². The van der Waals surface area contributed by atoms with Gasteiger partial charge in [0.2, 0.25) is 0 Å². The molecule has 3 fully saturated rings. The molecule has 1 saturated carbocycles. The molecule has 3 rings (SSSR count). The van der Waals surface area contributed by atoms with Crippen LogP contribution in [0.25, 0.3) is 0 Å². The average molecular weight is 244 g/mol. The lowest BCUT2D eigenvalue weighted by molar-refractivity contribution is -0.179. The topological polar surface area (TPSA) is 57.2 Å². The molecule has 4 atom stereocenters. The second kappa shape index (κ2) is 3.42. The first-order chi connectivity index (χ1) is 7.77. The van der Waals surface area contributed by atoms with E-state index in [-0.39, 0.29) is 24.4 Å². The van der Waals surface area contributed by atoms with Gasteiger partial charge in [-0.1, -0.05) is 0 Å². The summed E-state index contributed by atoms with van der Waals surface area (Å²) in [5, 5.41) is 10.3. The summed E-state index contributed by atoms with van der Waals surface area (Å²) in [5.41, 5.74) is 0. The maximum Gasteiger partial charge on any atom is 0.163 e. The van der Waals surface area contributed by atoms with E-state index in [0.29, 0.717) is 6.42 Å². The Labute approximate surface area is 101 Å². The molecule has 0 aromatic carbocycles. The van der Waals surface area contributed by atoms with Gasteiger partial charge in [0.25, 0.3) is 0 Å². The van der Waals surface area contributed by atoms with Crippen molar-refractivity contribution in [1.82, 2.24) is 0 Å². The minimum absolute atomic E-state index is 0.112. The summed E-state index contributed by atoms with van der Waals surface area (Å²) in [5.74, 6) is -1.27. The first-order valence-electron chi connectivity index (χ1n) is 6.17. The minimum atomic E-state index is -0.692. The van der Waals surface area contributed by atoms with Crippen LogP contribution < -0.4 is 0 Å². The summed E-state index contributed by atoms with van der Waals surface area (Å²) < 4.78 is 23.0. The normalized spacial score (nSPS) is 51.0. The van der Waals surface area contributed by atoms with E-state index in [1.807, 2.05) is 27.7 Å². The minimum Gasteiger partial charge on any atom is -0.387 e. The van der Waals surface area contributed by atoms with Crippen molar-refractivity contribution in [2.24, 2.45) is 0 Å². The van der Waals surface area contributed by atoms with E-state index >= 15 is 0 Å². The number of hydrogen-bond donors (Lipinski definition) is 1. The van der Waals surface area contributed by atoms with Gasteiger partial charge in [0.15, 0.2) is 11.6 Å². The highest BCUT2D eigenvalue weighted by molar-refractivity contribution is 5.02. The van der Waals surface area contributed by atoms with Crippen LogP contribution in [0.15, 0.2) is 0 Å². The summed E-state index contributed by atoms with van der Waals surface area (Å²) in [6, 6.07) is 0. The van der Waals surface area contributed by atoms with Gasteiger partial charge in [0.1, 0.15) is 18.3 Å². The summed E-state index contributed by atoms with van der Waals surface area (Å²) in [4.78, 5) is 0. The monoisotopic (exact) mass is 244 g/mol. The van der Waals surface area contributed by atoms with Gasteiger partial charge >= 0.3 is 0 Å². The Balaban J connectivity index is 1.81. The Bertz CT molecular complexity index is 297. The lowest BCUT2D eigenvalue weighted by Gasteiger charge is -2.34. The van der Waals surface area contributed by atoms with E-state index < -0.39 is 17.7 Å². The Morgan fingerprint density at radius 2 is 1.24 bits per heavy atom. The zero-order valence-corrected chi connectivity index (χ0v) is 10.7. The van der Waals surface area contributed by atoms with Crippen molar-refractivity contribution >= 4 is 0 Å². The number of hydrogen-bond acceptors (Lipinski definition) is 5. The molecule has 98 valence electrons. The molecule has 0 bridgehead atoms. The Kier molecular flexibility index (Phi) is 2.39. The summed E-state index contributed by atoms with van der Waals surface area (Å²) in [7, 11) is 0. The van der Waals surface area contributed by atoms with Crippen LogP contribution in [0.3, 0.4) is 0 Å². The second-order valence-corrected chi connectivity index (χ2v) is 6.00. The SMILES string of the molecule is CC1(C)O[C@@H]2C[C@H]3OC(C)(C)O[C@H]3C(O)[C@@H]2O1. The van der Waals surface area contributed by atoms with Gasteiger partial charge in [-0.05, 0) is 27.7 Å². The highest BCUT2D eigenvalue weighted by atomic mass is 16.8. The molecule has 2 saturated heterocycles. The standard InChI is InChI=1S/C12H20O5/c1-11(2)14-6-5-7-10(8(13)9(6)16-11)17-12(3,4)15-7/h6-10,13H,5H2,1-4H3/t6-,7-,9-,10-/m1/s1. The van der Waals surface area contributed by atoms with Crippen molar-refractivity contribution < 1.29 is 24.1 Å². The number of rotatable bonds is 0. The smallest absolute Gasteiger partial charge is 0.163 e. The molecule has 3 aliphatic rings. The van der Waals surface area contributed by atoms with Crippen LogP contribution in [0.2, 0.25) is 0 Å². The van der Waals surface area contributed by atoms with Crippen molar-refractivity contribution in [3.05, 3.63) is 0 Å². The maximum absolute atomic E-state index is 10.3. The third kappa shape index (κ3) is 1.90. The molecule has 1 aliphatic carbocycles. The molecule has 0 aromatic rings. The van der Waals surface area contributed by atoms with Gasteiger partial charge in [-0.25, -0.2) is 0 Å². The van der Waals surface area contributed by atoms with E-state index in [9.17, 15) is 5.11 Å². The maximum atomic E-state index is 10.3. The van der Waals surface area contributed by atoms with E-state index in [1.165, 1.54) is 0 Å². The van der Waals surface area contributed by atoms with Crippen molar-refractivity contribution in [1.29, 1.82) is 0 Å². The van der Waals surface area contributed by atoms with Gasteiger partial charge in [0.05, 0.1) is 12.2 Å².